The van der Waals surface area contributed by atoms with Crippen LogP contribution in [0.5, 0.6) is 0 Å². The van der Waals surface area contributed by atoms with Crippen molar-refractivity contribution in [3.63, 3.8) is 0 Å². The molecule has 1 saturated heterocycles. The molecule has 0 aromatic heterocycles. The minimum absolute atomic E-state index is 0.314. The van der Waals surface area contributed by atoms with Crippen molar-refractivity contribution < 1.29 is 0 Å². The molecule has 2 rings (SSSR count). The molecule has 18 heavy (non-hydrogen) atoms. The van der Waals surface area contributed by atoms with Gasteiger partial charge < -0.3 is 10.2 Å². The number of likely N-dealkylation sites (N-methyl/N-ethyl adjacent to an activating group) is 1. The van der Waals surface area contributed by atoms with Gasteiger partial charge in [-0.25, -0.2) is 0 Å². The standard InChI is InChI=1S/C15H23ClN2/c1-12(14-8-3-4-9-15(14)16)17-11-13-7-5-6-10-18(13)2/h3-4,8-9,12-13,17H,5-7,10-11H2,1-2H3/t12-,13?/m1/s1. The third kappa shape index (κ3) is 3.47. The van der Waals surface area contributed by atoms with Crippen LogP contribution in [0.2, 0.25) is 5.02 Å². The van der Waals surface area contributed by atoms with Crippen LogP contribution in [-0.2, 0) is 0 Å². The molecule has 1 heterocycles. The van der Waals surface area contributed by atoms with Crippen LogP contribution in [0.3, 0.4) is 0 Å². The summed E-state index contributed by atoms with van der Waals surface area (Å²) in [4.78, 5) is 2.47. The first-order valence-corrected chi connectivity index (χ1v) is 7.24. The highest BCUT2D eigenvalue weighted by Crippen LogP contribution is 2.22. The Morgan fingerprint density at radius 1 is 1.39 bits per heavy atom. The average Bonchev–Trinajstić information content (AvgIpc) is 2.38. The fourth-order valence-corrected chi connectivity index (χ4v) is 2.95. The van der Waals surface area contributed by atoms with Crippen molar-refractivity contribution in [3.05, 3.63) is 34.9 Å². The third-order valence-corrected chi connectivity index (χ3v) is 4.30. The minimum Gasteiger partial charge on any atom is -0.309 e. The Kier molecular flexibility index (Phi) is 5.04. The van der Waals surface area contributed by atoms with Crippen molar-refractivity contribution in [2.75, 3.05) is 20.1 Å². The van der Waals surface area contributed by atoms with E-state index in [9.17, 15) is 0 Å². The molecule has 100 valence electrons. The van der Waals surface area contributed by atoms with E-state index in [-0.39, 0.29) is 0 Å². The zero-order valence-corrected chi connectivity index (χ0v) is 12.1. The monoisotopic (exact) mass is 266 g/mol. The lowest BCUT2D eigenvalue weighted by Crippen LogP contribution is -2.43. The molecule has 0 aliphatic carbocycles. The van der Waals surface area contributed by atoms with Gasteiger partial charge in [0.05, 0.1) is 0 Å². The Hall–Kier alpha value is -0.570. The van der Waals surface area contributed by atoms with Gasteiger partial charge in [-0.15, -0.1) is 0 Å². The predicted molar refractivity (Wildman–Crippen MR) is 78.1 cm³/mol. The number of piperidine rings is 1. The van der Waals surface area contributed by atoms with Gasteiger partial charge in [0.2, 0.25) is 0 Å². The number of halogens is 1. The van der Waals surface area contributed by atoms with Gasteiger partial charge in [-0.3, -0.25) is 0 Å². The summed E-state index contributed by atoms with van der Waals surface area (Å²) in [7, 11) is 2.23. The van der Waals surface area contributed by atoms with E-state index in [1.807, 2.05) is 18.2 Å². The Balaban J connectivity index is 1.88. The molecular weight excluding hydrogens is 244 g/mol. The van der Waals surface area contributed by atoms with Crippen molar-refractivity contribution in [3.8, 4) is 0 Å². The minimum atomic E-state index is 0.314. The van der Waals surface area contributed by atoms with E-state index >= 15 is 0 Å². The van der Waals surface area contributed by atoms with Crippen LogP contribution in [0.1, 0.15) is 37.8 Å². The van der Waals surface area contributed by atoms with Crippen LogP contribution in [0, 0.1) is 0 Å². The SMILES string of the molecule is C[C@@H](NCC1CCCCN1C)c1ccccc1Cl. The number of nitrogens with one attached hydrogen (secondary N) is 1. The zero-order valence-electron chi connectivity index (χ0n) is 11.3. The van der Waals surface area contributed by atoms with Gasteiger partial charge in [-0.1, -0.05) is 36.2 Å². The summed E-state index contributed by atoms with van der Waals surface area (Å²) >= 11 is 6.22. The molecule has 0 bridgehead atoms. The van der Waals surface area contributed by atoms with E-state index in [0.29, 0.717) is 12.1 Å². The van der Waals surface area contributed by atoms with Crippen LogP contribution in [-0.4, -0.2) is 31.1 Å². The van der Waals surface area contributed by atoms with Crippen molar-refractivity contribution in [2.24, 2.45) is 0 Å². The van der Waals surface area contributed by atoms with E-state index in [4.69, 9.17) is 11.6 Å². The molecule has 1 fully saturated rings. The normalized spacial score (nSPS) is 22.9. The fraction of sp³-hybridized carbons (Fsp3) is 0.600. The number of nitrogens with zero attached hydrogens (tertiary/aromatic N) is 1. The van der Waals surface area contributed by atoms with Crippen LogP contribution in [0.15, 0.2) is 24.3 Å². The summed E-state index contributed by atoms with van der Waals surface area (Å²) in [5.41, 5.74) is 1.19. The molecule has 1 aliphatic heterocycles. The first-order chi connectivity index (χ1) is 8.68. The topological polar surface area (TPSA) is 15.3 Å². The summed E-state index contributed by atoms with van der Waals surface area (Å²) in [5.74, 6) is 0. The second-order valence-corrected chi connectivity index (χ2v) is 5.69. The highest BCUT2D eigenvalue weighted by atomic mass is 35.5. The number of hydrogen-bond acceptors (Lipinski definition) is 2. The fourth-order valence-electron chi connectivity index (χ4n) is 2.65. The van der Waals surface area contributed by atoms with Gasteiger partial charge in [0.25, 0.3) is 0 Å². The molecule has 2 nitrogen and oxygen atoms in total. The van der Waals surface area contributed by atoms with Gasteiger partial charge in [0, 0.05) is 23.7 Å². The molecule has 0 radical (unpaired) electrons. The van der Waals surface area contributed by atoms with Gasteiger partial charge in [0.1, 0.15) is 0 Å². The number of hydrogen-bond donors (Lipinski definition) is 1. The summed E-state index contributed by atoms with van der Waals surface area (Å²) in [5, 5.41) is 4.47. The number of rotatable bonds is 4. The summed E-state index contributed by atoms with van der Waals surface area (Å²) in [6, 6.07) is 9.07. The largest absolute Gasteiger partial charge is 0.309 e. The zero-order chi connectivity index (χ0) is 13.0. The van der Waals surface area contributed by atoms with Crippen LogP contribution in [0.25, 0.3) is 0 Å². The van der Waals surface area contributed by atoms with E-state index < -0.39 is 0 Å². The molecule has 1 aromatic rings. The van der Waals surface area contributed by atoms with Crippen LogP contribution < -0.4 is 5.32 Å². The van der Waals surface area contributed by atoms with Crippen molar-refractivity contribution in [2.45, 2.75) is 38.3 Å². The Morgan fingerprint density at radius 3 is 2.89 bits per heavy atom. The van der Waals surface area contributed by atoms with Gasteiger partial charge in [-0.05, 0) is 45.0 Å². The van der Waals surface area contributed by atoms with E-state index in [2.05, 4.69) is 30.3 Å². The van der Waals surface area contributed by atoms with Crippen molar-refractivity contribution >= 4 is 11.6 Å². The molecule has 1 unspecified atom stereocenters. The molecule has 1 aliphatic rings. The van der Waals surface area contributed by atoms with Crippen molar-refractivity contribution in [1.82, 2.24) is 10.2 Å². The molecule has 3 heteroatoms. The molecular formula is C15H23ClN2. The molecule has 0 amide bonds. The number of likely N-dealkylation sites (tertiary alicyclic amines) is 1. The maximum absolute atomic E-state index is 6.22. The van der Waals surface area contributed by atoms with E-state index in [1.54, 1.807) is 0 Å². The molecule has 1 N–H and O–H groups in total. The van der Waals surface area contributed by atoms with E-state index in [0.717, 1.165) is 11.6 Å². The number of benzene rings is 1. The predicted octanol–water partition coefficient (Wildman–Crippen LogP) is 3.47. The van der Waals surface area contributed by atoms with Crippen LogP contribution >= 0.6 is 11.6 Å². The first kappa shape index (κ1) is 13.9. The van der Waals surface area contributed by atoms with Gasteiger partial charge >= 0.3 is 0 Å². The highest BCUT2D eigenvalue weighted by Gasteiger charge is 2.19. The average molecular weight is 267 g/mol. The second-order valence-electron chi connectivity index (χ2n) is 5.28. The second kappa shape index (κ2) is 6.55. The van der Waals surface area contributed by atoms with Gasteiger partial charge in [0.15, 0.2) is 0 Å². The van der Waals surface area contributed by atoms with Crippen LogP contribution in [0.4, 0.5) is 0 Å². The van der Waals surface area contributed by atoms with Crippen molar-refractivity contribution in [1.29, 1.82) is 0 Å². The van der Waals surface area contributed by atoms with E-state index in [1.165, 1.54) is 31.4 Å². The smallest absolute Gasteiger partial charge is 0.0453 e. The summed E-state index contributed by atoms with van der Waals surface area (Å²) in [6.45, 7) is 4.46. The lowest BCUT2D eigenvalue weighted by Gasteiger charge is -2.33. The first-order valence-electron chi connectivity index (χ1n) is 6.86. The van der Waals surface area contributed by atoms with Gasteiger partial charge in [-0.2, -0.15) is 0 Å². The maximum atomic E-state index is 6.22. The Labute approximate surface area is 115 Å². The maximum Gasteiger partial charge on any atom is 0.0453 e. The molecule has 1 aromatic carbocycles. The molecule has 0 spiro atoms. The third-order valence-electron chi connectivity index (χ3n) is 3.95. The lowest BCUT2D eigenvalue weighted by molar-refractivity contribution is 0.178. The molecule has 2 atom stereocenters. The summed E-state index contributed by atoms with van der Waals surface area (Å²) < 4.78 is 0. The highest BCUT2D eigenvalue weighted by molar-refractivity contribution is 6.31. The quantitative estimate of drug-likeness (QED) is 0.898. The Bertz CT molecular complexity index is 381. The lowest BCUT2D eigenvalue weighted by atomic mass is 10.0. The molecule has 0 saturated carbocycles. The Morgan fingerprint density at radius 2 is 2.17 bits per heavy atom. The summed E-state index contributed by atoms with van der Waals surface area (Å²) in [6.07, 6.45) is 4.00.